The van der Waals surface area contributed by atoms with E-state index in [2.05, 4.69) is 25.7 Å². The monoisotopic (exact) mass is 281 g/mol. The molecular formula is C17H31NO2. The van der Waals surface area contributed by atoms with E-state index in [1.54, 1.807) is 0 Å². The number of carbonyl (C=O) groups is 1. The van der Waals surface area contributed by atoms with Crippen molar-refractivity contribution in [3.05, 3.63) is 0 Å². The molecule has 1 N–H and O–H groups in total. The number of rotatable bonds is 3. The third-order valence-corrected chi connectivity index (χ3v) is 5.50. The van der Waals surface area contributed by atoms with Crippen LogP contribution in [0.3, 0.4) is 0 Å². The zero-order valence-corrected chi connectivity index (χ0v) is 13.5. The molecule has 2 aliphatic rings. The van der Waals surface area contributed by atoms with E-state index in [4.69, 9.17) is 0 Å². The summed E-state index contributed by atoms with van der Waals surface area (Å²) in [5.74, 6) is -0.00386. The van der Waals surface area contributed by atoms with Gasteiger partial charge in [-0.15, -0.1) is 0 Å². The second-order valence-electron chi connectivity index (χ2n) is 8.08. The standard InChI is InChI=1S/C17H31NO2/c1-14-6-4-8-17(12-14,15(19)20)13-18-10-5-7-16(2,3)9-11-18/h14H,4-13H2,1-3H3,(H,19,20). The summed E-state index contributed by atoms with van der Waals surface area (Å²) in [6, 6.07) is 0. The molecule has 0 aromatic rings. The summed E-state index contributed by atoms with van der Waals surface area (Å²) in [7, 11) is 0. The number of carboxylic acids is 1. The Kier molecular flexibility index (Phi) is 4.78. The first-order chi connectivity index (χ1) is 9.33. The third-order valence-electron chi connectivity index (χ3n) is 5.50. The summed E-state index contributed by atoms with van der Waals surface area (Å²) in [6.07, 6.45) is 7.67. The normalized spacial score (nSPS) is 35.5. The van der Waals surface area contributed by atoms with Crippen LogP contribution < -0.4 is 0 Å². The van der Waals surface area contributed by atoms with Crippen molar-refractivity contribution >= 4 is 5.97 Å². The number of hydrogen-bond donors (Lipinski definition) is 1. The summed E-state index contributed by atoms with van der Waals surface area (Å²) in [5, 5.41) is 9.78. The Balaban J connectivity index is 2.03. The van der Waals surface area contributed by atoms with Crippen molar-refractivity contribution in [1.29, 1.82) is 0 Å². The second-order valence-corrected chi connectivity index (χ2v) is 8.08. The molecule has 2 atom stereocenters. The first kappa shape index (κ1) is 15.8. The van der Waals surface area contributed by atoms with Gasteiger partial charge in [-0.3, -0.25) is 4.79 Å². The van der Waals surface area contributed by atoms with Gasteiger partial charge in [0.2, 0.25) is 0 Å². The maximum atomic E-state index is 11.9. The van der Waals surface area contributed by atoms with Gasteiger partial charge in [0, 0.05) is 6.54 Å². The molecule has 0 aromatic carbocycles. The van der Waals surface area contributed by atoms with Gasteiger partial charge < -0.3 is 10.0 Å². The molecule has 1 saturated heterocycles. The number of carboxylic acid groups (broad SMARTS) is 1. The van der Waals surface area contributed by atoms with Gasteiger partial charge in [-0.2, -0.15) is 0 Å². The molecule has 1 saturated carbocycles. The van der Waals surface area contributed by atoms with Gasteiger partial charge in [-0.25, -0.2) is 0 Å². The Morgan fingerprint density at radius 3 is 2.60 bits per heavy atom. The molecule has 3 heteroatoms. The highest BCUT2D eigenvalue weighted by atomic mass is 16.4. The van der Waals surface area contributed by atoms with Gasteiger partial charge in [-0.1, -0.05) is 33.6 Å². The predicted octanol–water partition coefficient (Wildman–Crippen LogP) is 3.78. The Bertz CT molecular complexity index is 353. The number of aliphatic carboxylic acids is 1. The van der Waals surface area contributed by atoms with Crippen LogP contribution in [0.15, 0.2) is 0 Å². The average Bonchev–Trinajstić information content (AvgIpc) is 2.51. The molecule has 2 fully saturated rings. The van der Waals surface area contributed by atoms with Crippen LogP contribution in [0.5, 0.6) is 0 Å². The van der Waals surface area contributed by atoms with E-state index in [1.807, 2.05) is 0 Å². The van der Waals surface area contributed by atoms with E-state index in [-0.39, 0.29) is 0 Å². The highest BCUT2D eigenvalue weighted by Crippen LogP contribution is 2.41. The predicted molar refractivity (Wildman–Crippen MR) is 81.8 cm³/mol. The molecule has 3 nitrogen and oxygen atoms in total. The van der Waals surface area contributed by atoms with Crippen molar-refractivity contribution in [2.75, 3.05) is 19.6 Å². The molecule has 0 bridgehead atoms. The highest BCUT2D eigenvalue weighted by Gasteiger charge is 2.43. The zero-order valence-electron chi connectivity index (χ0n) is 13.5. The van der Waals surface area contributed by atoms with Gasteiger partial charge in [0.15, 0.2) is 0 Å². The van der Waals surface area contributed by atoms with E-state index in [1.165, 1.54) is 25.7 Å². The molecule has 2 rings (SSSR count). The Morgan fingerprint density at radius 1 is 1.20 bits per heavy atom. The smallest absolute Gasteiger partial charge is 0.310 e. The van der Waals surface area contributed by atoms with Crippen molar-refractivity contribution in [3.63, 3.8) is 0 Å². The molecule has 0 aromatic heterocycles. The lowest BCUT2D eigenvalue weighted by Crippen LogP contribution is -2.46. The molecule has 0 amide bonds. The first-order valence-corrected chi connectivity index (χ1v) is 8.29. The van der Waals surface area contributed by atoms with E-state index in [9.17, 15) is 9.90 Å². The SMILES string of the molecule is CC1CCCC(CN2CCCC(C)(C)CC2)(C(=O)O)C1. The van der Waals surface area contributed by atoms with Crippen LogP contribution in [0.1, 0.15) is 65.7 Å². The van der Waals surface area contributed by atoms with Crippen molar-refractivity contribution < 1.29 is 9.90 Å². The van der Waals surface area contributed by atoms with Gasteiger partial charge in [0.1, 0.15) is 0 Å². The molecule has 0 spiro atoms. The van der Waals surface area contributed by atoms with Gasteiger partial charge >= 0.3 is 5.97 Å². The Hall–Kier alpha value is -0.570. The maximum absolute atomic E-state index is 11.9. The van der Waals surface area contributed by atoms with Crippen LogP contribution >= 0.6 is 0 Å². The largest absolute Gasteiger partial charge is 0.481 e. The van der Waals surface area contributed by atoms with Crippen LogP contribution in [-0.2, 0) is 4.79 Å². The lowest BCUT2D eigenvalue weighted by atomic mass is 9.69. The van der Waals surface area contributed by atoms with Crippen LogP contribution in [0.4, 0.5) is 0 Å². The van der Waals surface area contributed by atoms with Gasteiger partial charge in [0.25, 0.3) is 0 Å². The van der Waals surface area contributed by atoms with Crippen LogP contribution in [0, 0.1) is 16.7 Å². The Labute approximate surface area is 123 Å². The van der Waals surface area contributed by atoms with Crippen molar-refractivity contribution in [2.45, 2.75) is 65.7 Å². The minimum atomic E-state index is -0.562. The number of nitrogens with zero attached hydrogens (tertiary/aromatic N) is 1. The molecule has 1 aliphatic heterocycles. The Morgan fingerprint density at radius 2 is 1.95 bits per heavy atom. The molecular weight excluding hydrogens is 250 g/mol. The van der Waals surface area contributed by atoms with E-state index in [0.717, 1.165) is 38.9 Å². The minimum Gasteiger partial charge on any atom is -0.481 e. The van der Waals surface area contributed by atoms with Crippen molar-refractivity contribution in [2.24, 2.45) is 16.7 Å². The molecule has 1 heterocycles. The zero-order chi connectivity index (χ0) is 14.8. The van der Waals surface area contributed by atoms with Crippen LogP contribution in [0.25, 0.3) is 0 Å². The minimum absolute atomic E-state index is 0.422. The lowest BCUT2D eigenvalue weighted by molar-refractivity contribution is -0.153. The first-order valence-electron chi connectivity index (χ1n) is 8.29. The topological polar surface area (TPSA) is 40.5 Å². The molecule has 0 radical (unpaired) electrons. The average molecular weight is 281 g/mol. The summed E-state index contributed by atoms with van der Waals surface area (Å²) in [5.41, 5.74) is -0.0584. The van der Waals surface area contributed by atoms with Gasteiger partial charge in [-0.05, 0) is 56.5 Å². The van der Waals surface area contributed by atoms with E-state index >= 15 is 0 Å². The van der Waals surface area contributed by atoms with Gasteiger partial charge in [0.05, 0.1) is 5.41 Å². The van der Waals surface area contributed by atoms with Crippen molar-refractivity contribution in [1.82, 2.24) is 4.90 Å². The van der Waals surface area contributed by atoms with E-state index < -0.39 is 11.4 Å². The third kappa shape index (κ3) is 3.75. The number of likely N-dealkylation sites (tertiary alicyclic amines) is 1. The molecule has 20 heavy (non-hydrogen) atoms. The molecule has 116 valence electrons. The fourth-order valence-corrected chi connectivity index (χ4v) is 4.13. The fraction of sp³-hybridized carbons (Fsp3) is 0.941. The van der Waals surface area contributed by atoms with Crippen LogP contribution in [0.2, 0.25) is 0 Å². The lowest BCUT2D eigenvalue weighted by Gasteiger charge is -2.40. The highest BCUT2D eigenvalue weighted by molar-refractivity contribution is 5.75. The number of hydrogen-bond acceptors (Lipinski definition) is 2. The van der Waals surface area contributed by atoms with Crippen molar-refractivity contribution in [3.8, 4) is 0 Å². The molecule has 2 unspecified atom stereocenters. The maximum Gasteiger partial charge on any atom is 0.310 e. The van der Waals surface area contributed by atoms with E-state index in [0.29, 0.717) is 11.3 Å². The fourth-order valence-electron chi connectivity index (χ4n) is 4.13. The second kappa shape index (κ2) is 6.05. The summed E-state index contributed by atoms with van der Waals surface area (Å²) < 4.78 is 0. The quantitative estimate of drug-likeness (QED) is 0.856. The summed E-state index contributed by atoms with van der Waals surface area (Å²) in [4.78, 5) is 14.3. The summed E-state index contributed by atoms with van der Waals surface area (Å²) >= 11 is 0. The summed E-state index contributed by atoms with van der Waals surface area (Å²) in [6.45, 7) is 9.80. The van der Waals surface area contributed by atoms with Crippen LogP contribution in [-0.4, -0.2) is 35.6 Å². The molecule has 1 aliphatic carbocycles.